The van der Waals surface area contributed by atoms with Gasteiger partial charge in [0.25, 0.3) is 0 Å². The minimum Gasteiger partial charge on any atom is -0.495 e. The molecule has 0 bridgehead atoms. The highest BCUT2D eigenvalue weighted by atomic mass is 35.5. The van der Waals surface area contributed by atoms with Crippen LogP contribution in [0.5, 0.6) is 5.75 Å². The summed E-state index contributed by atoms with van der Waals surface area (Å²) >= 11 is 6.02. The molecular formula is C11H14ClNO. The molecule has 14 heavy (non-hydrogen) atoms. The molecule has 2 N–H and O–H groups in total. The summed E-state index contributed by atoms with van der Waals surface area (Å²) < 4.78 is 5.08. The highest BCUT2D eigenvalue weighted by Crippen LogP contribution is 2.40. The van der Waals surface area contributed by atoms with E-state index in [1.165, 1.54) is 12.8 Å². The van der Waals surface area contributed by atoms with Gasteiger partial charge in [-0.25, -0.2) is 0 Å². The van der Waals surface area contributed by atoms with Crippen LogP contribution in [0.25, 0.3) is 0 Å². The number of rotatable bonds is 3. The maximum atomic E-state index is 6.06. The fourth-order valence-electron chi connectivity index (χ4n) is 1.62. The summed E-state index contributed by atoms with van der Waals surface area (Å²) in [6.45, 7) is 0. The number of benzene rings is 1. The van der Waals surface area contributed by atoms with E-state index < -0.39 is 0 Å². The predicted octanol–water partition coefficient (Wildman–Crippen LogP) is 2.76. The van der Waals surface area contributed by atoms with E-state index in [2.05, 4.69) is 0 Å². The molecule has 76 valence electrons. The number of hydrogen-bond acceptors (Lipinski definition) is 2. The molecule has 1 fully saturated rings. The molecule has 2 rings (SSSR count). The van der Waals surface area contributed by atoms with Crippen molar-refractivity contribution in [2.75, 3.05) is 7.11 Å². The zero-order valence-electron chi connectivity index (χ0n) is 8.16. The fraction of sp³-hybridized carbons (Fsp3) is 0.455. The lowest BCUT2D eigenvalue weighted by molar-refractivity contribution is 0.414. The number of nitrogens with two attached hydrogens (primary N) is 1. The summed E-state index contributed by atoms with van der Waals surface area (Å²) in [5.41, 5.74) is 7.17. The molecule has 0 radical (unpaired) electrons. The molecule has 1 aromatic rings. The van der Waals surface area contributed by atoms with Crippen LogP contribution in [-0.2, 0) is 0 Å². The SMILES string of the molecule is COc1ccc(C(N)C2CC2)cc1Cl. The Balaban J connectivity index is 2.22. The normalized spacial score (nSPS) is 17.9. The van der Waals surface area contributed by atoms with E-state index in [1.54, 1.807) is 7.11 Å². The lowest BCUT2D eigenvalue weighted by Crippen LogP contribution is -2.12. The third-order valence-corrected chi connectivity index (χ3v) is 2.99. The third kappa shape index (κ3) is 1.86. The Morgan fingerprint density at radius 3 is 2.71 bits per heavy atom. The summed E-state index contributed by atoms with van der Waals surface area (Å²) in [5.74, 6) is 1.36. The Morgan fingerprint density at radius 2 is 2.21 bits per heavy atom. The first kappa shape index (κ1) is 9.81. The molecule has 1 atom stereocenters. The molecule has 1 unspecified atom stereocenters. The van der Waals surface area contributed by atoms with Crippen molar-refractivity contribution in [2.45, 2.75) is 18.9 Å². The van der Waals surface area contributed by atoms with Crippen LogP contribution >= 0.6 is 11.6 Å². The van der Waals surface area contributed by atoms with Gasteiger partial charge in [-0.15, -0.1) is 0 Å². The quantitative estimate of drug-likeness (QED) is 0.835. The van der Waals surface area contributed by atoms with E-state index >= 15 is 0 Å². The van der Waals surface area contributed by atoms with Gasteiger partial charge in [0.2, 0.25) is 0 Å². The van der Waals surface area contributed by atoms with Gasteiger partial charge >= 0.3 is 0 Å². The monoisotopic (exact) mass is 211 g/mol. The molecule has 3 heteroatoms. The summed E-state index contributed by atoms with van der Waals surface area (Å²) in [6, 6.07) is 5.91. The zero-order chi connectivity index (χ0) is 10.1. The molecule has 0 heterocycles. The van der Waals surface area contributed by atoms with Crippen molar-refractivity contribution < 1.29 is 4.74 Å². The summed E-state index contributed by atoms with van der Waals surface area (Å²) in [5, 5.41) is 0.640. The van der Waals surface area contributed by atoms with Gasteiger partial charge in [-0.1, -0.05) is 17.7 Å². The Bertz CT molecular complexity index is 336. The average Bonchev–Trinajstić information content (AvgIpc) is 3.00. The molecule has 0 spiro atoms. The van der Waals surface area contributed by atoms with Gasteiger partial charge in [-0.2, -0.15) is 0 Å². The highest BCUT2D eigenvalue weighted by molar-refractivity contribution is 6.32. The maximum absolute atomic E-state index is 6.06. The molecule has 0 aromatic heterocycles. The first-order valence-electron chi connectivity index (χ1n) is 4.81. The minimum absolute atomic E-state index is 0.137. The van der Waals surface area contributed by atoms with Crippen LogP contribution < -0.4 is 10.5 Å². The van der Waals surface area contributed by atoms with Crippen molar-refractivity contribution in [1.29, 1.82) is 0 Å². The van der Waals surface area contributed by atoms with Gasteiger partial charge in [0.1, 0.15) is 5.75 Å². The van der Waals surface area contributed by atoms with Crippen LogP contribution in [0.1, 0.15) is 24.4 Å². The smallest absolute Gasteiger partial charge is 0.137 e. The highest BCUT2D eigenvalue weighted by Gasteiger charge is 2.29. The van der Waals surface area contributed by atoms with E-state index in [4.69, 9.17) is 22.1 Å². The van der Waals surface area contributed by atoms with Crippen molar-refractivity contribution in [3.63, 3.8) is 0 Å². The van der Waals surface area contributed by atoms with Gasteiger partial charge in [-0.3, -0.25) is 0 Å². The van der Waals surface area contributed by atoms with Gasteiger partial charge in [0, 0.05) is 6.04 Å². The minimum atomic E-state index is 0.137. The molecular weight excluding hydrogens is 198 g/mol. The van der Waals surface area contributed by atoms with E-state index in [-0.39, 0.29) is 6.04 Å². The third-order valence-electron chi connectivity index (χ3n) is 2.69. The van der Waals surface area contributed by atoms with Crippen LogP contribution in [0.3, 0.4) is 0 Å². The lowest BCUT2D eigenvalue weighted by Gasteiger charge is -2.12. The second-order valence-electron chi connectivity index (χ2n) is 3.76. The van der Waals surface area contributed by atoms with Crippen molar-refractivity contribution >= 4 is 11.6 Å². The van der Waals surface area contributed by atoms with Crippen molar-refractivity contribution in [1.82, 2.24) is 0 Å². The molecule has 1 aliphatic rings. The Labute approximate surface area is 89.0 Å². The largest absolute Gasteiger partial charge is 0.495 e. The van der Waals surface area contributed by atoms with Crippen molar-refractivity contribution in [3.8, 4) is 5.75 Å². The van der Waals surface area contributed by atoms with Gasteiger partial charge < -0.3 is 10.5 Å². The average molecular weight is 212 g/mol. The summed E-state index contributed by atoms with van der Waals surface area (Å²) in [6.07, 6.45) is 2.48. The van der Waals surface area contributed by atoms with Crippen molar-refractivity contribution in [2.24, 2.45) is 11.7 Å². The van der Waals surface area contributed by atoms with Crippen LogP contribution in [-0.4, -0.2) is 7.11 Å². The second kappa shape index (κ2) is 3.79. The van der Waals surface area contributed by atoms with Gasteiger partial charge in [-0.05, 0) is 36.5 Å². The van der Waals surface area contributed by atoms with Crippen LogP contribution in [0.2, 0.25) is 5.02 Å². The summed E-state index contributed by atoms with van der Waals surface area (Å²) in [7, 11) is 1.61. The first-order chi connectivity index (χ1) is 6.72. The van der Waals surface area contributed by atoms with Gasteiger partial charge in [0.15, 0.2) is 0 Å². The van der Waals surface area contributed by atoms with Gasteiger partial charge in [0.05, 0.1) is 12.1 Å². The van der Waals surface area contributed by atoms with Crippen LogP contribution in [0.15, 0.2) is 18.2 Å². The molecule has 1 aliphatic carbocycles. The maximum Gasteiger partial charge on any atom is 0.137 e. The van der Waals surface area contributed by atoms with E-state index in [0.29, 0.717) is 16.7 Å². The molecule has 0 aliphatic heterocycles. The van der Waals surface area contributed by atoms with E-state index in [0.717, 1.165) is 5.56 Å². The van der Waals surface area contributed by atoms with E-state index in [9.17, 15) is 0 Å². The van der Waals surface area contributed by atoms with Crippen LogP contribution in [0, 0.1) is 5.92 Å². The lowest BCUT2D eigenvalue weighted by atomic mass is 10.0. The number of halogens is 1. The Morgan fingerprint density at radius 1 is 1.50 bits per heavy atom. The van der Waals surface area contributed by atoms with Crippen LogP contribution in [0.4, 0.5) is 0 Å². The predicted molar refractivity (Wildman–Crippen MR) is 57.7 cm³/mol. The molecule has 1 aromatic carbocycles. The zero-order valence-corrected chi connectivity index (χ0v) is 8.92. The molecule has 0 amide bonds. The second-order valence-corrected chi connectivity index (χ2v) is 4.16. The first-order valence-corrected chi connectivity index (χ1v) is 5.19. The molecule has 2 nitrogen and oxygen atoms in total. The molecule has 1 saturated carbocycles. The van der Waals surface area contributed by atoms with Crippen molar-refractivity contribution in [3.05, 3.63) is 28.8 Å². The fourth-order valence-corrected chi connectivity index (χ4v) is 1.88. The van der Waals surface area contributed by atoms with E-state index in [1.807, 2.05) is 18.2 Å². The number of methoxy groups -OCH3 is 1. The topological polar surface area (TPSA) is 35.2 Å². The Kier molecular flexibility index (Phi) is 2.66. The standard InChI is InChI=1S/C11H14ClNO/c1-14-10-5-4-8(6-9(10)12)11(13)7-2-3-7/h4-7,11H,2-3,13H2,1H3. The summed E-state index contributed by atoms with van der Waals surface area (Å²) in [4.78, 5) is 0. The number of hydrogen-bond donors (Lipinski definition) is 1. The molecule has 0 saturated heterocycles. The number of ether oxygens (including phenoxy) is 1. The Hall–Kier alpha value is -0.730.